The summed E-state index contributed by atoms with van der Waals surface area (Å²) < 4.78 is 0. The van der Waals surface area contributed by atoms with E-state index in [1.807, 2.05) is 0 Å². The first-order chi connectivity index (χ1) is 8.49. The highest BCUT2D eigenvalue weighted by molar-refractivity contribution is 5.77. The van der Waals surface area contributed by atoms with Crippen molar-refractivity contribution in [3.63, 3.8) is 0 Å². The molecule has 0 bridgehead atoms. The fourth-order valence-corrected chi connectivity index (χ4v) is 2.08. The first-order valence-corrected chi connectivity index (χ1v) is 6.04. The van der Waals surface area contributed by atoms with Crippen molar-refractivity contribution < 1.29 is 19.5 Å². The number of urea groups is 1. The van der Waals surface area contributed by atoms with E-state index in [1.165, 1.54) is 0 Å². The Bertz CT molecular complexity index is 332. The minimum atomic E-state index is -0.810. The van der Waals surface area contributed by atoms with Crippen molar-refractivity contribution >= 4 is 17.9 Å². The predicted molar refractivity (Wildman–Crippen MR) is 63.7 cm³/mol. The maximum Gasteiger partial charge on any atom is 0.315 e. The van der Waals surface area contributed by atoms with Crippen LogP contribution >= 0.6 is 0 Å². The zero-order valence-corrected chi connectivity index (χ0v) is 10.1. The summed E-state index contributed by atoms with van der Waals surface area (Å²) in [4.78, 5) is 32.8. The molecule has 0 radical (unpaired) electrons. The van der Waals surface area contributed by atoms with Gasteiger partial charge in [-0.15, -0.1) is 0 Å². The van der Waals surface area contributed by atoms with Gasteiger partial charge in [-0.05, 0) is 19.3 Å². The van der Waals surface area contributed by atoms with Crippen LogP contribution in [0.1, 0.15) is 32.1 Å². The summed E-state index contributed by atoms with van der Waals surface area (Å²) in [5, 5.41) is 14.1. The Morgan fingerprint density at radius 1 is 1.28 bits per heavy atom. The highest BCUT2D eigenvalue weighted by atomic mass is 16.4. The monoisotopic (exact) mass is 257 g/mol. The summed E-state index contributed by atoms with van der Waals surface area (Å²) in [6, 6.07) is -0.499. The van der Waals surface area contributed by atoms with Gasteiger partial charge in [0, 0.05) is 19.0 Å². The molecule has 0 aromatic heterocycles. The number of aliphatic carboxylic acids is 1. The van der Waals surface area contributed by atoms with E-state index >= 15 is 0 Å². The van der Waals surface area contributed by atoms with Crippen LogP contribution in [-0.2, 0) is 9.59 Å². The second-order valence-electron chi connectivity index (χ2n) is 4.52. The van der Waals surface area contributed by atoms with Gasteiger partial charge in [0.15, 0.2) is 0 Å². The van der Waals surface area contributed by atoms with Gasteiger partial charge in [0.25, 0.3) is 0 Å². The number of carbonyl (C=O) groups excluding carboxylic acids is 2. The average Bonchev–Trinajstić information content (AvgIpc) is 2.28. The molecule has 1 fully saturated rings. The molecule has 0 aliphatic heterocycles. The number of carbonyl (C=O) groups is 3. The Kier molecular flexibility index (Phi) is 5.41. The number of rotatable bonds is 5. The van der Waals surface area contributed by atoms with Crippen LogP contribution < -0.4 is 16.4 Å². The Morgan fingerprint density at radius 2 is 2.00 bits per heavy atom. The molecule has 3 amide bonds. The van der Waals surface area contributed by atoms with Crippen LogP contribution in [0.5, 0.6) is 0 Å². The van der Waals surface area contributed by atoms with Gasteiger partial charge in [-0.3, -0.25) is 9.59 Å². The molecule has 2 atom stereocenters. The van der Waals surface area contributed by atoms with Gasteiger partial charge in [0.2, 0.25) is 5.91 Å². The van der Waals surface area contributed by atoms with E-state index in [0.29, 0.717) is 12.8 Å². The van der Waals surface area contributed by atoms with Crippen molar-refractivity contribution in [1.29, 1.82) is 0 Å². The maximum absolute atomic E-state index is 11.4. The second kappa shape index (κ2) is 6.83. The third-order valence-electron chi connectivity index (χ3n) is 3.02. The number of hydrogen-bond acceptors (Lipinski definition) is 3. The number of carboxylic acids is 1. The first-order valence-electron chi connectivity index (χ1n) is 6.04. The van der Waals surface area contributed by atoms with Crippen molar-refractivity contribution in [1.82, 2.24) is 10.6 Å². The number of primary amides is 1. The van der Waals surface area contributed by atoms with Gasteiger partial charge in [-0.2, -0.15) is 0 Å². The number of amides is 3. The normalized spacial score (nSPS) is 23.1. The van der Waals surface area contributed by atoms with Crippen molar-refractivity contribution in [3.8, 4) is 0 Å². The second-order valence-corrected chi connectivity index (χ2v) is 4.52. The average molecular weight is 257 g/mol. The molecule has 2 unspecified atom stereocenters. The fraction of sp³-hybridized carbons (Fsp3) is 0.727. The van der Waals surface area contributed by atoms with E-state index in [-0.39, 0.29) is 31.0 Å². The molecule has 0 saturated heterocycles. The van der Waals surface area contributed by atoms with Crippen molar-refractivity contribution in [2.45, 2.75) is 38.1 Å². The molecule has 1 aliphatic rings. The van der Waals surface area contributed by atoms with Crippen LogP contribution in [0.15, 0.2) is 0 Å². The Morgan fingerprint density at radius 3 is 2.61 bits per heavy atom. The SMILES string of the molecule is NC(=O)CCNC(=O)NC1CCCC(C(=O)O)C1. The topological polar surface area (TPSA) is 122 Å². The van der Waals surface area contributed by atoms with E-state index in [9.17, 15) is 14.4 Å². The third-order valence-corrected chi connectivity index (χ3v) is 3.02. The molecule has 18 heavy (non-hydrogen) atoms. The maximum atomic E-state index is 11.4. The standard InChI is InChI=1S/C11H19N3O4/c12-9(15)4-5-13-11(18)14-8-3-1-2-7(6-8)10(16)17/h7-8H,1-6H2,(H2,12,15)(H,16,17)(H2,13,14,18). The molecule has 7 heteroatoms. The largest absolute Gasteiger partial charge is 0.481 e. The van der Waals surface area contributed by atoms with E-state index < -0.39 is 11.9 Å². The van der Waals surface area contributed by atoms with Crippen LogP contribution in [0.2, 0.25) is 0 Å². The Labute approximate surface area is 105 Å². The smallest absolute Gasteiger partial charge is 0.315 e. The summed E-state index contributed by atoms with van der Waals surface area (Å²) in [6.45, 7) is 0.191. The summed E-state index contributed by atoms with van der Waals surface area (Å²) in [5.41, 5.74) is 4.94. The highest BCUT2D eigenvalue weighted by Gasteiger charge is 2.27. The minimum Gasteiger partial charge on any atom is -0.481 e. The predicted octanol–water partition coefficient (Wildman–Crippen LogP) is -0.196. The Hall–Kier alpha value is -1.79. The summed E-state index contributed by atoms with van der Waals surface area (Å²) >= 11 is 0. The van der Waals surface area contributed by atoms with Gasteiger partial charge in [-0.1, -0.05) is 6.42 Å². The van der Waals surface area contributed by atoms with E-state index in [2.05, 4.69) is 10.6 Å². The van der Waals surface area contributed by atoms with E-state index in [1.54, 1.807) is 0 Å². The minimum absolute atomic E-state index is 0.0931. The van der Waals surface area contributed by atoms with Gasteiger partial charge >= 0.3 is 12.0 Å². The molecule has 5 N–H and O–H groups in total. The summed E-state index contributed by atoms with van der Waals surface area (Å²) in [7, 11) is 0. The molecule has 7 nitrogen and oxygen atoms in total. The molecule has 0 aromatic carbocycles. The van der Waals surface area contributed by atoms with Crippen molar-refractivity contribution in [2.24, 2.45) is 11.7 Å². The van der Waals surface area contributed by atoms with Gasteiger partial charge in [0.05, 0.1) is 5.92 Å². The lowest BCUT2D eigenvalue weighted by molar-refractivity contribution is -0.143. The van der Waals surface area contributed by atoms with Crippen LogP contribution in [-0.4, -0.2) is 35.6 Å². The molecular formula is C11H19N3O4. The van der Waals surface area contributed by atoms with Crippen LogP contribution in [0, 0.1) is 5.92 Å². The van der Waals surface area contributed by atoms with Crippen molar-refractivity contribution in [3.05, 3.63) is 0 Å². The van der Waals surface area contributed by atoms with E-state index in [0.717, 1.165) is 12.8 Å². The van der Waals surface area contributed by atoms with Crippen LogP contribution in [0.4, 0.5) is 4.79 Å². The van der Waals surface area contributed by atoms with E-state index in [4.69, 9.17) is 10.8 Å². The molecule has 1 aliphatic carbocycles. The van der Waals surface area contributed by atoms with Crippen molar-refractivity contribution in [2.75, 3.05) is 6.54 Å². The van der Waals surface area contributed by atoms with Gasteiger partial charge in [-0.25, -0.2) is 4.79 Å². The Balaban J connectivity index is 2.26. The first kappa shape index (κ1) is 14.3. The fourth-order valence-electron chi connectivity index (χ4n) is 2.08. The molecular weight excluding hydrogens is 238 g/mol. The molecule has 1 saturated carbocycles. The molecule has 1 rings (SSSR count). The number of nitrogens with one attached hydrogen (secondary N) is 2. The van der Waals surface area contributed by atoms with Crippen LogP contribution in [0.3, 0.4) is 0 Å². The molecule has 0 spiro atoms. The zero-order chi connectivity index (χ0) is 13.5. The van der Waals surface area contributed by atoms with Gasteiger partial charge in [0.1, 0.15) is 0 Å². The van der Waals surface area contributed by atoms with Crippen LogP contribution in [0.25, 0.3) is 0 Å². The number of nitrogens with two attached hydrogens (primary N) is 1. The molecule has 0 aromatic rings. The lowest BCUT2D eigenvalue weighted by atomic mass is 9.86. The lowest BCUT2D eigenvalue weighted by Crippen LogP contribution is -2.45. The number of carboxylic acid groups (broad SMARTS) is 1. The molecule has 0 heterocycles. The summed E-state index contributed by atoms with van der Waals surface area (Å²) in [5.74, 6) is -1.66. The lowest BCUT2D eigenvalue weighted by Gasteiger charge is -2.27. The third kappa shape index (κ3) is 5.03. The van der Waals surface area contributed by atoms with Gasteiger partial charge < -0.3 is 21.5 Å². The quantitative estimate of drug-likeness (QED) is 0.545. The summed E-state index contributed by atoms with van der Waals surface area (Å²) in [6.07, 6.45) is 2.79. The highest BCUT2D eigenvalue weighted by Crippen LogP contribution is 2.24. The number of hydrogen-bond donors (Lipinski definition) is 4. The molecule has 102 valence electrons. The zero-order valence-electron chi connectivity index (χ0n) is 10.1.